The predicted octanol–water partition coefficient (Wildman–Crippen LogP) is 0.682. The van der Waals surface area contributed by atoms with Gasteiger partial charge in [0.2, 0.25) is 5.91 Å². The fourth-order valence-electron chi connectivity index (χ4n) is 2.64. The van der Waals surface area contributed by atoms with Crippen LogP contribution >= 0.6 is 0 Å². The zero-order valence-electron chi connectivity index (χ0n) is 11.2. The Labute approximate surface area is 117 Å². The van der Waals surface area contributed by atoms with E-state index in [-0.39, 0.29) is 18.5 Å². The number of rotatable bonds is 4. The van der Waals surface area contributed by atoms with E-state index >= 15 is 0 Å². The van der Waals surface area contributed by atoms with Crippen LogP contribution in [0.15, 0.2) is 24.3 Å². The van der Waals surface area contributed by atoms with E-state index in [0.29, 0.717) is 25.8 Å². The van der Waals surface area contributed by atoms with E-state index in [9.17, 15) is 9.59 Å². The molecule has 1 fully saturated rings. The van der Waals surface area contributed by atoms with Gasteiger partial charge >= 0.3 is 5.97 Å². The molecule has 0 unspecified atom stereocenters. The van der Waals surface area contributed by atoms with Crippen molar-refractivity contribution >= 4 is 11.9 Å². The minimum absolute atomic E-state index is 0.105. The molecule has 2 aliphatic rings. The SMILES string of the molecule is O=C(NCC1(C(=O)O)CC1)[C@@H]1Cc2ccccc2CN1. The van der Waals surface area contributed by atoms with E-state index in [4.69, 9.17) is 5.11 Å². The van der Waals surface area contributed by atoms with E-state index in [1.165, 1.54) is 11.1 Å². The van der Waals surface area contributed by atoms with Crippen LogP contribution < -0.4 is 10.6 Å². The van der Waals surface area contributed by atoms with Crippen LogP contribution in [0.2, 0.25) is 0 Å². The van der Waals surface area contributed by atoms with Crippen molar-refractivity contribution in [2.24, 2.45) is 5.41 Å². The Balaban J connectivity index is 1.58. The summed E-state index contributed by atoms with van der Waals surface area (Å²) in [4.78, 5) is 23.2. The van der Waals surface area contributed by atoms with E-state index in [2.05, 4.69) is 16.7 Å². The lowest BCUT2D eigenvalue weighted by molar-refractivity contribution is -0.143. The molecule has 1 saturated carbocycles. The van der Waals surface area contributed by atoms with Gasteiger partial charge < -0.3 is 15.7 Å². The molecule has 3 N–H and O–H groups in total. The van der Waals surface area contributed by atoms with Crippen molar-refractivity contribution < 1.29 is 14.7 Å². The smallest absolute Gasteiger partial charge is 0.311 e. The van der Waals surface area contributed by atoms with Crippen LogP contribution in [-0.4, -0.2) is 29.6 Å². The highest BCUT2D eigenvalue weighted by Crippen LogP contribution is 2.45. The van der Waals surface area contributed by atoms with Gasteiger partial charge in [-0.05, 0) is 30.4 Å². The third-order valence-corrected chi connectivity index (χ3v) is 4.31. The number of aliphatic carboxylic acids is 1. The summed E-state index contributed by atoms with van der Waals surface area (Å²) in [6.07, 6.45) is 1.97. The van der Waals surface area contributed by atoms with Gasteiger partial charge in [-0.2, -0.15) is 0 Å². The van der Waals surface area contributed by atoms with E-state index in [0.717, 1.165) is 0 Å². The van der Waals surface area contributed by atoms with Gasteiger partial charge in [0.1, 0.15) is 0 Å². The highest BCUT2D eigenvalue weighted by atomic mass is 16.4. The standard InChI is InChI=1S/C15H18N2O3/c18-13(17-9-15(5-6-15)14(19)20)12-7-10-3-1-2-4-11(10)8-16-12/h1-4,12,16H,5-9H2,(H,17,18)(H,19,20)/t12-/m0/s1. The third-order valence-electron chi connectivity index (χ3n) is 4.31. The topological polar surface area (TPSA) is 78.4 Å². The van der Waals surface area contributed by atoms with Crippen LogP contribution in [0.25, 0.3) is 0 Å². The molecule has 0 saturated heterocycles. The monoisotopic (exact) mass is 274 g/mol. The molecule has 106 valence electrons. The number of hydrogen-bond acceptors (Lipinski definition) is 3. The molecule has 1 heterocycles. The second-order valence-electron chi connectivity index (χ2n) is 5.71. The molecule has 0 aromatic heterocycles. The van der Waals surface area contributed by atoms with Crippen LogP contribution in [-0.2, 0) is 22.6 Å². The van der Waals surface area contributed by atoms with Crippen LogP contribution in [0.3, 0.4) is 0 Å². The summed E-state index contributed by atoms with van der Waals surface area (Å²) in [5.41, 5.74) is 1.70. The molecule has 5 nitrogen and oxygen atoms in total. The van der Waals surface area contributed by atoms with Gasteiger partial charge in [0, 0.05) is 13.1 Å². The molecule has 20 heavy (non-hydrogen) atoms. The quantitative estimate of drug-likeness (QED) is 0.754. The number of carbonyl (C=O) groups excluding carboxylic acids is 1. The van der Waals surface area contributed by atoms with Crippen LogP contribution in [0.1, 0.15) is 24.0 Å². The zero-order chi connectivity index (χ0) is 14.2. The van der Waals surface area contributed by atoms with Crippen molar-refractivity contribution in [3.05, 3.63) is 35.4 Å². The summed E-state index contributed by atoms with van der Waals surface area (Å²) in [5, 5.41) is 15.1. The normalized spacial score (nSPS) is 22.7. The van der Waals surface area contributed by atoms with Gasteiger partial charge in [0.25, 0.3) is 0 Å². The largest absolute Gasteiger partial charge is 0.481 e. The molecule has 0 spiro atoms. The molecule has 1 aliphatic heterocycles. The predicted molar refractivity (Wildman–Crippen MR) is 73.1 cm³/mol. The molecular formula is C15H18N2O3. The molecule has 1 aromatic rings. The Morgan fingerprint density at radius 3 is 2.65 bits per heavy atom. The van der Waals surface area contributed by atoms with Crippen molar-refractivity contribution in [2.45, 2.75) is 31.8 Å². The second kappa shape index (κ2) is 4.90. The molecule has 1 amide bonds. The highest BCUT2D eigenvalue weighted by Gasteiger charge is 2.50. The van der Waals surface area contributed by atoms with Gasteiger partial charge in [-0.3, -0.25) is 9.59 Å². The number of hydrogen-bond donors (Lipinski definition) is 3. The van der Waals surface area contributed by atoms with Crippen LogP contribution in [0.5, 0.6) is 0 Å². The summed E-state index contributed by atoms with van der Waals surface area (Å²) in [6, 6.07) is 7.79. The van der Waals surface area contributed by atoms with E-state index in [1.807, 2.05) is 18.2 Å². The number of fused-ring (bicyclic) bond motifs is 1. The number of carboxylic acid groups (broad SMARTS) is 1. The van der Waals surface area contributed by atoms with Gasteiger partial charge in [-0.1, -0.05) is 24.3 Å². The second-order valence-corrected chi connectivity index (χ2v) is 5.71. The van der Waals surface area contributed by atoms with Crippen LogP contribution in [0, 0.1) is 5.41 Å². The van der Waals surface area contributed by atoms with Gasteiger partial charge in [-0.25, -0.2) is 0 Å². The Morgan fingerprint density at radius 2 is 2.00 bits per heavy atom. The van der Waals surface area contributed by atoms with Crippen LogP contribution in [0.4, 0.5) is 0 Å². The lowest BCUT2D eigenvalue weighted by Crippen LogP contribution is -2.49. The van der Waals surface area contributed by atoms with Crippen molar-refractivity contribution in [1.29, 1.82) is 0 Å². The lowest BCUT2D eigenvalue weighted by Gasteiger charge is -2.25. The number of nitrogens with one attached hydrogen (secondary N) is 2. The number of carboxylic acids is 1. The summed E-state index contributed by atoms with van der Waals surface area (Å²) >= 11 is 0. The minimum atomic E-state index is -0.806. The summed E-state index contributed by atoms with van der Waals surface area (Å²) in [5.74, 6) is -0.910. The summed E-state index contributed by atoms with van der Waals surface area (Å²) in [7, 11) is 0. The molecule has 1 aromatic carbocycles. The Bertz CT molecular complexity index is 552. The molecule has 5 heteroatoms. The molecule has 0 radical (unpaired) electrons. The first-order valence-corrected chi connectivity index (χ1v) is 6.92. The van der Waals surface area contributed by atoms with E-state index < -0.39 is 11.4 Å². The fourth-order valence-corrected chi connectivity index (χ4v) is 2.64. The van der Waals surface area contributed by atoms with Gasteiger partial charge in [0.15, 0.2) is 0 Å². The first kappa shape index (κ1) is 13.1. The maximum atomic E-state index is 12.1. The zero-order valence-corrected chi connectivity index (χ0v) is 11.2. The lowest BCUT2D eigenvalue weighted by atomic mass is 9.95. The average Bonchev–Trinajstić information content (AvgIpc) is 3.25. The molecular weight excluding hydrogens is 256 g/mol. The Kier molecular flexibility index (Phi) is 3.22. The fraction of sp³-hybridized carbons (Fsp3) is 0.467. The van der Waals surface area contributed by atoms with Crippen molar-refractivity contribution in [1.82, 2.24) is 10.6 Å². The summed E-state index contributed by atoms with van der Waals surface area (Å²) < 4.78 is 0. The molecule has 1 atom stereocenters. The number of amides is 1. The third kappa shape index (κ3) is 2.41. The highest BCUT2D eigenvalue weighted by molar-refractivity contribution is 5.84. The summed E-state index contributed by atoms with van der Waals surface area (Å²) in [6.45, 7) is 0.916. The molecule has 3 rings (SSSR count). The Hall–Kier alpha value is -1.88. The molecule has 1 aliphatic carbocycles. The van der Waals surface area contributed by atoms with Crippen molar-refractivity contribution in [3.63, 3.8) is 0 Å². The first-order chi connectivity index (χ1) is 9.61. The van der Waals surface area contributed by atoms with Crippen molar-refractivity contribution in [2.75, 3.05) is 6.54 Å². The Morgan fingerprint density at radius 1 is 1.30 bits per heavy atom. The minimum Gasteiger partial charge on any atom is -0.481 e. The van der Waals surface area contributed by atoms with E-state index in [1.54, 1.807) is 0 Å². The number of carbonyl (C=O) groups is 2. The molecule has 0 bridgehead atoms. The maximum Gasteiger partial charge on any atom is 0.311 e. The maximum absolute atomic E-state index is 12.1. The number of benzene rings is 1. The van der Waals surface area contributed by atoms with Crippen molar-refractivity contribution in [3.8, 4) is 0 Å². The van der Waals surface area contributed by atoms with Gasteiger partial charge in [-0.15, -0.1) is 0 Å². The average molecular weight is 274 g/mol. The van der Waals surface area contributed by atoms with Gasteiger partial charge in [0.05, 0.1) is 11.5 Å². The first-order valence-electron chi connectivity index (χ1n) is 6.92.